The molecule has 1 rings (SSSR count). The van der Waals surface area contributed by atoms with Gasteiger partial charge in [-0.05, 0) is 69.8 Å². The van der Waals surface area contributed by atoms with E-state index in [2.05, 4.69) is 64.3 Å². The van der Waals surface area contributed by atoms with Gasteiger partial charge in [-0.15, -0.1) is 0 Å². The van der Waals surface area contributed by atoms with Gasteiger partial charge >= 0.3 is 0 Å². The summed E-state index contributed by atoms with van der Waals surface area (Å²) in [6.07, 6.45) is 18.3. The van der Waals surface area contributed by atoms with Gasteiger partial charge in [-0.1, -0.05) is 61.6 Å². The molecular weight excluding hydrogens is 252 g/mol. The summed E-state index contributed by atoms with van der Waals surface area (Å²) in [5, 5.41) is 0. The van der Waals surface area contributed by atoms with Gasteiger partial charge in [0.2, 0.25) is 0 Å². The molecule has 0 radical (unpaired) electrons. The summed E-state index contributed by atoms with van der Waals surface area (Å²) in [5.74, 6) is 1.47. The Balaban J connectivity index is 2.36. The first-order valence-corrected chi connectivity index (χ1v) is 8.40. The van der Waals surface area contributed by atoms with Crippen molar-refractivity contribution < 1.29 is 0 Å². The standard InChI is InChI=1S/C21H32/c1-6-8-9-10-11-12-13-14-19(17(3)4)15-20-16-21(20)18(5)7-2/h6,8,10-11,15,20-21H,3,5,7,9,12-14,16H2,1-2,4H3. The molecule has 116 valence electrons. The minimum absolute atomic E-state index is 0.731. The Bertz CT molecular complexity index is 431. The third-order valence-electron chi connectivity index (χ3n) is 4.27. The predicted molar refractivity (Wildman–Crippen MR) is 96.3 cm³/mol. The first-order valence-electron chi connectivity index (χ1n) is 8.40. The fourth-order valence-electron chi connectivity index (χ4n) is 2.67. The van der Waals surface area contributed by atoms with E-state index in [1.165, 1.54) is 29.6 Å². The van der Waals surface area contributed by atoms with E-state index < -0.39 is 0 Å². The molecule has 0 N–H and O–H groups in total. The molecule has 0 aromatic carbocycles. The molecule has 2 atom stereocenters. The van der Waals surface area contributed by atoms with Crippen molar-refractivity contribution >= 4 is 0 Å². The van der Waals surface area contributed by atoms with Crippen LogP contribution in [0.2, 0.25) is 0 Å². The van der Waals surface area contributed by atoms with Crippen LogP contribution in [0.15, 0.2) is 60.3 Å². The van der Waals surface area contributed by atoms with Gasteiger partial charge in [0.05, 0.1) is 0 Å². The van der Waals surface area contributed by atoms with E-state index in [1.807, 2.05) is 0 Å². The maximum Gasteiger partial charge on any atom is -0.0137 e. The third-order valence-corrected chi connectivity index (χ3v) is 4.27. The van der Waals surface area contributed by atoms with Crippen molar-refractivity contribution in [1.29, 1.82) is 0 Å². The van der Waals surface area contributed by atoms with Crippen LogP contribution >= 0.6 is 0 Å². The molecule has 0 bridgehead atoms. The summed E-state index contributed by atoms with van der Waals surface area (Å²) >= 11 is 0. The second-order valence-electron chi connectivity index (χ2n) is 6.16. The molecule has 21 heavy (non-hydrogen) atoms. The molecule has 0 nitrogen and oxygen atoms in total. The zero-order valence-electron chi connectivity index (χ0n) is 14.2. The molecule has 1 aliphatic carbocycles. The van der Waals surface area contributed by atoms with E-state index in [0.717, 1.165) is 37.5 Å². The highest BCUT2D eigenvalue weighted by Crippen LogP contribution is 2.46. The summed E-state index contributed by atoms with van der Waals surface area (Å²) in [6.45, 7) is 14.7. The summed E-state index contributed by atoms with van der Waals surface area (Å²) < 4.78 is 0. The van der Waals surface area contributed by atoms with Crippen LogP contribution in [0.1, 0.15) is 59.3 Å². The van der Waals surface area contributed by atoms with Crippen molar-refractivity contribution in [3.8, 4) is 0 Å². The largest absolute Gasteiger partial charge is 0.0996 e. The van der Waals surface area contributed by atoms with Crippen molar-refractivity contribution in [3.05, 3.63) is 60.3 Å². The molecule has 0 aliphatic heterocycles. The van der Waals surface area contributed by atoms with Crippen LogP contribution < -0.4 is 0 Å². The lowest BCUT2D eigenvalue weighted by Crippen LogP contribution is -1.89. The van der Waals surface area contributed by atoms with Crippen LogP contribution in [-0.2, 0) is 0 Å². The lowest BCUT2D eigenvalue weighted by atomic mass is 9.99. The number of hydrogen-bond donors (Lipinski definition) is 0. The molecule has 1 aliphatic rings. The van der Waals surface area contributed by atoms with Crippen LogP contribution in [0, 0.1) is 11.8 Å². The molecule has 0 heteroatoms. The first-order chi connectivity index (χ1) is 10.1. The Kier molecular flexibility index (Phi) is 8.12. The Morgan fingerprint density at radius 1 is 1.19 bits per heavy atom. The van der Waals surface area contributed by atoms with E-state index in [1.54, 1.807) is 0 Å². The highest BCUT2D eigenvalue weighted by atomic mass is 14.4. The lowest BCUT2D eigenvalue weighted by Gasteiger charge is -2.07. The van der Waals surface area contributed by atoms with E-state index in [-0.39, 0.29) is 0 Å². The van der Waals surface area contributed by atoms with Crippen LogP contribution in [-0.4, -0.2) is 0 Å². The molecule has 1 fully saturated rings. The van der Waals surface area contributed by atoms with Gasteiger partial charge in [-0.25, -0.2) is 0 Å². The van der Waals surface area contributed by atoms with Crippen molar-refractivity contribution in [2.45, 2.75) is 59.3 Å². The van der Waals surface area contributed by atoms with Crippen LogP contribution in [0.4, 0.5) is 0 Å². The zero-order chi connectivity index (χ0) is 15.7. The predicted octanol–water partition coefficient (Wildman–Crippen LogP) is 6.78. The second kappa shape index (κ2) is 9.60. The quantitative estimate of drug-likeness (QED) is 0.235. The fourth-order valence-corrected chi connectivity index (χ4v) is 2.67. The summed E-state index contributed by atoms with van der Waals surface area (Å²) in [7, 11) is 0. The van der Waals surface area contributed by atoms with Crippen LogP contribution in [0.5, 0.6) is 0 Å². The average molecular weight is 284 g/mol. The van der Waals surface area contributed by atoms with Crippen molar-refractivity contribution in [2.24, 2.45) is 11.8 Å². The number of unbranched alkanes of at least 4 members (excludes halogenated alkanes) is 1. The Morgan fingerprint density at radius 3 is 2.57 bits per heavy atom. The van der Waals surface area contributed by atoms with Crippen molar-refractivity contribution in [2.75, 3.05) is 0 Å². The van der Waals surface area contributed by atoms with E-state index >= 15 is 0 Å². The molecule has 0 aromatic heterocycles. The molecule has 2 unspecified atom stereocenters. The van der Waals surface area contributed by atoms with Gasteiger partial charge in [0, 0.05) is 0 Å². The number of rotatable bonds is 10. The average Bonchev–Trinajstić information content (AvgIpc) is 3.23. The topological polar surface area (TPSA) is 0 Å². The van der Waals surface area contributed by atoms with Gasteiger partial charge in [0.25, 0.3) is 0 Å². The fraction of sp³-hybridized carbons (Fsp3) is 0.524. The highest BCUT2D eigenvalue weighted by Gasteiger charge is 2.36. The van der Waals surface area contributed by atoms with E-state index in [4.69, 9.17) is 0 Å². The van der Waals surface area contributed by atoms with Gasteiger partial charge in [-0.3, -0.25) is 0 Å². The minimum Gasteiger partial charge on any atom is -0.0996 e. The third kappa shape index (κ3) is 6.80. The second-order valence-corrected chi connectivity index (χ2v) is 6.16. The number of allylic oxidation sites excluding steroid dienone is 8. The Labute approximate surface area is 132 Å². The van der Waals surface area contributed by atoms with E-state index in [0.29, 0.717) is 0 Å². The van der Waals surface area contributed by atoms with E-state index in [9.17, 15) is 0 Å². The molecule has 1 saturated carbocycles. The monoisotopic (exact) mass is 284 g/mol. The normalized spacial score (nSPS) is 22.1. The highest BCUT2D eigenvalue weighted by molar-refractivity contribution is 5.30. The lowest BCUT2D eigenvalue weighted by molar-refractivity contribution is 0.815. The molecule has 0 heterocycles. The van der Waals surface area contributed by atoms with Gasteiger partial charge in [-0.2, -0.15) is 0 Å². The molecule has 0 amide bonds. The first kappa shape index (κ1) is 17.8. The van der Waals surface area contributed by atoms with Crippen LogP contribution in [0.25, 0.3) is 0 Å². The maximum absolute atomic E-state index is 4.18. The summed E-state index contributed by atoms with van der Waals surface area (Å²) in [4.78, 5) is 0. The van der Waals surface area contributed by atoms with Crippen LogP contribution in [0.3, 0.4) is 0 Å². The summed E-state index contributed by atoms with van der Waals surface area (Å²) in [5.41, 5.74) is 4.12. The maximum atomic E-state index is 4.18. The van der Waals surface area contributed by atoms with Crippen molar-refractivity contribution in [3.63, 3.8) is 0 Å². The van der Waals surface area contributed by atoms with Crippen molar-refractivity contribution in [1.82, 2.24) is 0 Å². The molecule has 0 saturated heterocycles. The Morgan fingerprint density at radius 2 is 1.95 bits per heavy atom. The Hall–Kier alpha value is -1.30. The number of hydrogen-bond acceptors (Lipinski definition) is 0. The zero-order valence-corrected chi connectivity index (χ0v) is 14.2. The smallest absolute Gasteiger partial charge is 0.0137 e. The molecule has 0 spiro atoms. The summed E-state index contributed by atoms with van der Waals surface area (Å²) in [6, 6.07) is 0. The van der Waals surface area contributed by atoms with Gasteiger partial charge < -0.3 is 0 Å². The van der Waals surface area contributed by atoms with Gasteiger partial charge in [0.1, 0.15) is 0 Å². The minimum atomic E-state index is 0.731. The van der Waals surface area contributed by atoms with Gasteiger partial charge in [0.15, 0.2) is 0 Å². The SMILES string of the molecule is C=C(C)C(=CC1CC1C(=C)CC)CCCC=CCC=CC. The molecular formula is C21H32. The molecule has 0 aromatic rings.